The Kier molecular flexibility index (Phi) is 9.03. The lowest BCUT2D eigenvalue weighted by molar-refractivity contribution is 0.219. The van der Waals surface area contributed by atoms with Gasteiger partial charge in [0, 0.05) is 36.0 Å². The third kappa shape index (κ3) is 6.73. The summed E-state index contributed by atoms with van der Waals surface area (Å²) >= 11 is 6.42. The SMILES string of the molecule is Cc1nc(P(C)(C)=O)c(Cl)cc1Nc1nccc(-c2cc(C#N)c3c(c2)[C@@](C)(CO[Si](C)(C)C(C)(C)C)CN3[B]C=O)n1. The minimum Gasteiger partial charge on any atom is -0.416 e. The van der Waals surface area contributed by atoms with Crippen molar-refractivity contribution in [2.45, 2.75) is 58.2 Å². The number of rotatable bonds is 9. The van der Waals surface area contributed by atoms with Crippen molar-refractivity contribution in [3.63, 3.8) is 0 Å². The maximum atomic E-state index is 12.6. The second-order valence-electron chi connectivity index (χ2n) is 13.2. The third-order valence-corrected chi connectivity index (χ3v) is 14.6. The van der Waals surface area contributed by atoms with Crippen LogP contribution in [0.25, 0.3) is 11.3 Å². The number of aryl methyl sites for hydroxylation is 1. The van der Waals surface area contributed by atoms with Crippen LogP contribution >= 0.6 is 18.7 Å². The van der Waals surface area contributed by atoms with Gasteiger partial charge in [-0.05, 0) is 68.2 Å². The highest BCUT2D eigenvalue weighted by atomic mass is 35.5. The van der Waals surface area contributed by atoms with E-state index < -0.39 is 20.9 Å². The van der Waals surface area contributed by atoms with Gasteiger partial charge in [-0.25, -0.2) is 15.0 Å². The van der Waals surface area contributed by atoms with Crippen molar-refractivity contribution >= 4 is 63.4 Å². The minimum atomic E-state index is -2.65. The summed E-state index contributed by atoms with van der Waals surface area (Å²) in [7, 11) is -3.24. The van der Waals surface area contributed by atoms with E-state index >= 15 is 0 Å². The molecule has 0 fully saturated rings. The van der Waals surface area contributed by atoms with Crippen molar-refractivity contribution in [3.8, 4) is 17.3 Å². The molecule has 1 radical (unpaired) electrons. The second-order valence-corrected chi connectivity index (χ2v) is 21.6. The van der Waals surface area contributed by atoms with E-state index in [0.29, 0.717) is 57.9 Å². The summed E-state index contributed by atoms with van der Waals surface area (Å²) in [4.78, 5) is 27.0. The first-order valence-corrected chi connectivity index (χ1v) is 19.9. The van der Waals surface area contributed by atoms with Crippen LogP contribution in [0.2, 0.25) is 23.2 Å². The molecule has 3 heterocycles. The van der Waals surface area contributed by atoms with Crippen molar-refractivity contribution < 1.29 is 13.8 Å². The molecule has 0 bridgehead atoms. The summed E-state index contributed by atoms with van der Waals surface area (Å²) in [5, 5.41) is 13.7. The molecule has 0 spiro atoms. The molecule has 43 heavy (non-hydrogen) atoms. The molecule has 1 aliphatic rings. The summed E-state index contributed by atoms with van der Waals surface area (Å²) in [5.41, 5.74) is 4.57. The fraction of sp³-hybridized carbons (Fsp3) is 0.433. The number of nitrogens with zero attached hydrogens (tertiary/aromatic N) is 5. The van der Waals surface area contributed by atoms with E-state index in [1.54, 1.807) is 44.6 Å². The zero-order chi connectivity index (χ0) is 32.0. The average molecular weight is 636 g/mol. The Labute approximate surface area is 261 Å². The van der Waals surface area contributed by atoms with Crippen LogP contribution in [-0.4, -0.2) is 63.4 Å². The van der Waals surface area contributed by atoms with E-state index in [1.807, 2.05) is 10.9 Å². The Balaban J connectivity index is 1.75. The summed E-state index contributed by atoms with van der Waals surface area (Å²) in [6.45, 7) is 19.2. The quantitative estimate of drug-likeness (QED) is 0.165. The molecule has 0 unspecified atom stereocenters. The largest absolute Gasteiger partial charge is 0.416 e. The van der Waals surface area contributed by atoms with Crippen molar-refractivity contribution in [1.29, 1.82) is 5.26 Å². The minimum absolute atomic E-state index is 0.0363. The van der Waals surface area contributed by atoms with Gasteiger partial charge in [0.2, 0.25) is 5.95 Å². The van der Waals surface area contributed by atoms with E-state index in [-0.39, 0.29) is 5.04 Å². The average Bonchev–Trinajstić information content (AvgIpc) is 3.19. The van der Waals surface area contributed by atoms with Gasteiger partial charge < -0.3 is 23.9 Å². The molecule has 2 aromatic heterocycles. The smallest absolute Gasteiger partial charge is 0.329 e. The van der Waals surface area contributed by atoms with Gasteiger partial charge in [0.25, 0.3) is 0 Å². The number of pyridine rings is 1. The van der Waals surface area contributed by atoms with Crippen molar-refractivity contribution in [3.05, 3.63) is 52.3 Å². The van der Waals surface area contributed by atoms with Crippen molar-refractivity contribution in [2.24, 2.45) is 0 Å². The highest BCUT2D eigenvalue weighted by Crippen LogP contribution is 2.46. The van der Waals surface area contributed by atoms with Crippen LogP contribution in [0.1, 0.15) is 44.5 Å². The fourth-order valence-electron chi connectivity index (χ4n) is 4.83. The van der Waals surface area contributed by atoms with Crippen LogP contribution in [0.15, 0.2) is 30.5 Å². The number of hydrogen-bond donors (Lipinski definition) is 1. The van der Waals surface area contributed by atoms with Gasteiger partial charge >= 0.3 is 7.41 Å². The van der Waals surface area contributed by atoms with Crippen LogP contribution in [0.5, 0.6) is 0 Å². The number of nitriles is 1. The zero-order valence-corrected chi connectivity index (χ0v) is 28.9. The van der Waals surface area contributed by atoms with Gasteiger partial charge in [-0.2, -0.15) is 5.26 Å². The Bertz CT molecular complexity index is 1670. The van der Waals surface area contributed by atoms with E-state index in [4.69, 9.17) is 21.0 Å². The van der Waals surface area contributed by atoms with Crippen LogP contribution in [0, 0.1) is 18.3 Å². The van der Waals surface area contributed by atoms with Gasteiger partial charge in [0.1, 0.15) is 24.8 Å². The maximum Gasteiger partial charge on any atom is 0.329 e. The van der Waals surface area contributed by atoms with Crippen molar-refractivity contribution in [1.82, 2.24) is 15.0 Å². The molecule has 1 aliphatic heterocycles. The number of aromatic nitrogens is 3. The maximum absolute atomic E-state index is 12.6. The highest BCUT2D eigenvalue weighted by molar-refractivity contribution is 7.70. The topological polar surface area (TPSA) is 121 Å². The molecule has 0 amide bonds. The summed E-state index contributed by atoms with van der Waals surface area (Å²) < 4.78 is 19.3. The monoisotopic (exact) mass is 635 g/mol. The molecule has 3 aromatic rings. The number of hydrogen-bond acceptors (Lipinski definition) is 9. The van der Waals surface area contributed by atoms with E-state index in [9.17, 15) is 14.6 Å². The van der Waals surface area contributed by atoms with Gasteiger partial charge in [0.15, 0.2) is 8.32 Å². The standard InChI is InChI=1S/C30H38BClN6O3PSi/c1-19-25(14-23(32)27(35-19)42(6,7)40)37-28-34-11-10-24(36-28)20-12-21(15-33)26-22(13-20)30(5,16-38(26)31-18-39)17-41-43(8,9)29(2,3)4/h10-14,18H,16-17H2,1-9H3,(H,34,36,37)/t30-/m1/s1. The predicted octanol–water partition coefficient (Wildman–Crippen LogP) is 6.27. The molecule has 1 N–H and O–H groups in total. The number of carbonyl (C=O) groups is 1. The summed E-state index contributed by atoms with van der Waals surface area (Å²) in [6.07, 6.45) is 2.39. The molecule has 0 saturated heterocycles. The third-order valence-electron chi connectivity index (χ3n) is 8.34. The van der Waals surface area contributed by atoms with Crippen molar-refractivity contribution in [2.75, 3.05) is 36.6 Å². The number of benzene rings is 1. The zero-order valence-electron chi connectivity index (χ0n) is 26.2. The molecular weight excluding hydrogens is 598 g/mol. The van der Waals surface area contributed by atoms with E-state index in [1.165, 1.54) is 7.41 Å². The highest BCUT2D eigenvalue weighted by Gasteiger charge is 2.44. The first-order valence-electron chi connectivity index (χ1n) is 14.0. The van der Waals surface area contributed by atoms with Gasteiger partial charge in [0.05, 0.1) is 27.7 Å². The molecule has 1 aromatic carbocycles. The molecule has 1 atom stereocenters. The van der Waals surface area contributed by atoms with Gasteiger partial charge in [-0.15, -0.1) is 0 Å². The number of carbonyl (C=O) groups excluding carboxylic acids is 1. The van der Waals surface area contributed by atoms with Gasteiger partial charge in [-0.1, -0.05) is 39.3 Å². The molecule has 13 heteroatoms. The normalized spacial score (nSPS) is 16.9. The van der Waals surface area contributed by atoms with E-state index in [0.717, 1.165) is 17.3 Å². The lowest BCUT2D eigenvalue weighted by atomic mass is 9.83. The lowest BCUT2D eigenvalue weighted by Crippen LogP contribution is -2.46. The Morgan fingerprint density at radius 2 is 1.98 bits per heavy atom. The number of anilines is 3. The Morgan fingerprint density at radius 1 is 1.28 bits per heavy atom. The molecule has 225 valence electrons. The summed E-state index contributed by atoms with van der Waals surface area (Å²) in [5.74, 6) is 0.321. The first kappa shape index (κ1) is 32.9. The number of halogens is 1. The Hall–Kier alpha value is -3.03. The number of nitrogens with one attached hydrogen (secondary N) is 1. The van der Waals surface area contributed by atoms with Gasteiger partial charge in [-0.3, -0.25) is 0 Å². The number of fused-ring (bicyclic) bond motifs is 1. The fourth-order valence-corrected chi connectivity index (χ4v) is 7.67. The molecule has 4 rings (SSSR count). The lowest BCUT2D eigenvalue weighted by Gasteiger charge is -2.39. The molecule has 0 aliphatic carbocycles. The second kappa shape index (κ2) is 11.8. The molecule has 0 saturated carbocycles. The summed E-state index contributed by atoms with van der Waals surface area (Å²) in [6, 6.07) is 9.62. The first-order chi connectivity index (χ1) is 19.9. The van der Waals surface area contributed by atoms with Crippen LogP contribution in [0.4, 0.5) is 17.3 Å². The van der Waals surface area contributed by atoms with Crippen LogP contribution in [-0.2, 0) is 19.2 Å². The van der Waals surface area contributed by atoms with E-state index in [2.05, 4.69) is 62.1 Å². The van der Waals surface area contributed by atoms with Crippen LogP contribution < -0.4 is 15.6 Å². The molecule has 9 nitrogen and oxygen atoms in total. The van der Waals surface area contributed by atoms with Crippen LogP contribution in [0.3, 0.4) is 0 Å². The molecular formula is C30H38BClN6O3PSi. The Morgan fingerprint density at radius 3 is 2.58 bits per heavy atom. The predicted molar refractivity (Wildman–Crippen MR) is 179 cm³/mol.